The minimum Gasteiger partial charge on any atom is -0.453 e. The second-order valence-corrected chi connectivity index (χ2v) is 8.71. The molecule has 1 aromatic rings. The first-order valence-corrected chi connectivity index (χ1v) is 8.72. The van der Waals surface area contributed by atoms with Gasteiger partial charge in [-0.05, 0) is 27.5 Å². The van der Waals surface area contributed by atoms with E-state index >= 15 is 0 Å². The topological polar surface area (TPSA) is 53.9 Å². The van der Waals surface area contributed by atoms with Crippen molar-refractivity contribution in [2.75, 3.05) is 20.7 Å². The number of carbonyl (C=O) groups excluding carboxylic acids is 1. The van der Waals surface area contributed by atoms with Crippen LogP contribution >= 0.6 is 0 Å². The van der Waals surface area contributed by atoms with Crippen molar-refractivity contribution >= 4 is 12.1 Å². The predicted molar refractivity (Wildman–Crippen MR) is 102 cm³/mol. The van der Waals surface area contributed by atoms with E-state index in [1.807, 2.05) is 11.9 Å². The number of ether oxygens (including phenoxy) is 1. The molecule has 1 unspecified atom stereocenters. The number of amides is 1. The zero-order valence-corrected chi connectivity index (χ0v) is 16.7. The highest BCUT2D eigenvalue weighted by atomic mass is 16.5. The van der Waals surface area contributed by atoms with Crippen LogP contribution in [0.25, 0.3) is 0 Å². The summed E-state index contributed by atoms with van der Waals surface area (Å²) in [6.07, 6.45) is -0.495. The molecule has 1 heterocycles. The van der Waals surface area contributed by atoms with Gasteiger partial charge in [-0.25, -0.2) is 4.79 Å². The number of rotatable bonds is 1. The number of nitrogens with zero attached hydrogens (tertiary/aromatic N) is 2. The quantitative estimate of drug-likeness (QED) is 0.837. The van der Waals surface area contributed by atoms with Gasteiger partial charge >= 0.3 is 6.09 Å². The van der Waals surface area contributed by atoms with E-state index in [9.17, 15) is 4.79 Å². The molecular formula is C20H31N3O2. The number of methoxy groups -OCH3 is 1. The van der Waals surface area contributed by atoms with Crippen molar-refractivity contribution in [2.24, 2.45) is 4.99 Å². The van der Waals surface area contributed by atoms with Gasteiger partial charge in [0.2, 0.25) is 5.96 Å². The third-order valence-corrected chi connectivity index (χ3v) is 4.70. The number of hydrogen-bond donors (Lipinski definition) is 1. The van der Waals surface area contributed by atoms with Gasteiger partial charge in [-0.2, -0.15) is 0 Å². The lowest BCUT2D eigenvalue weighted by molar-refractivity contribution is 0.175. The maximum absolute atomic E-state index is 11.5. The summed E-state index contributed by atoms with van der Waals surface area (Å²) in [4.78, 5) is 18.1. The Morgan fingerprint density at radius 1 is 1.20 bits per heavy atom. The molecule has 5 heteroatoms. The highest BCUT2D eigenvalue weighted by molar-refractivity contribution is 5.94. The first-order chi connectivity index (χ1) is 11.4. The van der Waals surface area contributed by atoms with E-state index in [0.29, 0.717) is 12.5 Å². The van der Waals surface area contributed by atoms with Crippen LogP contribution in [0.1, 0.15) is 64.3 Å². The Bertz CT molecular complexity index is 681. The number of carbonyl (C=O) groups is 1. The Hall–Kier alpha value is -2.04. The molecule has 0 aromatic heterocycles. The Balaban J connectivity index is 2.42. The maximum atomic E-state index is 11.5. The second-order valence-electron chi connectivity index (χ2n) is 8.71. The summed E-state index contributed by atoms with van der Waals surface area (Å²) < 4.78 is 4.69. The number of aliphatic imine (C=N–C) groups is 1. The van der Waals surface area contributed by atoms with Gasteiger partial charge in [0.15, 0.2) is 0 Å². The van der Waals surface area contributed by atoms with Crippen molar-refractivity contribution in [2.45, 2.75) is 58.4 Å². The molecule has 5 nitrogen and oxygen atoms in total. The van der Waals surface area contributed by atoms with Crippen LogP contribution < -0.4 is 5.32 Å². The summed E-state index contributed by atoms with van der Waals surface area (Å²) in [6, 6.07) is 6.88. The fourth-order valence-corrected chi connectivity index (χ4v) is 3.12. The van der Waals surface area contributed by atoms with Crippen molar-refractivity contribution in [1.82, 2.24) is 10.2 Å². The third kappa shape index (κ3) is 4.14. The molecule has 25 heavy (non-hydrogen) atoms. The first-order valence-electron chi connectivity index (χ1n) is 8.72. The lowest BCUT2D eigenvalue weighted by atomic mass is 9.77. The molecule has 1 aliphatic heterocycles. The number of likely N-dealkylation sites (N-methyl/N-ethyl adjacent to an activating group) is 1. The molecule has 0 saturated heterocycles. The van der Waals surface area contributed by atoms with E-state index in [4.69, 9.17) is 0 Å². The third-order valence-electron chi connectivity index (χ3n) is 4.70. The molecule has 0 fully saturated rings. The van der Waals surface area contributed by atoms with Gasteiger partial charge in [0.05, 0.1) is 19.7 Å². The number of hydrogen-bond acceptors (Lipinski definition) is 4. The highest BCUT2D eigenvalue weighted by Crippen LogP contribution is 2.37. The number of guanidine groups is 1. The minimum atomic E-state index is -0.495. The largest absolute Gasteiger partial charge is 0.453 e. The van der Waals surface area contributed by atoms with Gasteiger partial charge in [0.25, 0.3) is 0 Å². The molecule has 1 aromatic carbocycles. The van der Waals surface area contributed by atoms with Crippen LogP contribution in [-0.2, 0) is 15.6 Å². The molecule has 1 atom stereocenters. The van der Waals surface area contributed by atoms with E-state index in [-0.39, 0.29) is 16.9 Å². The van der Waals surface area contributed by atoms with Crippen LogP contribution in [0.3, 0.4) is 0 Å². The molecule has 0 radical (unpaired) electrons. The standard InChI is InChI=1S/C20H31N3O2/c1-19(2,3)13-9-10-15(20(4,5)6)14(11-13)16-12-21-17(23(16)7)22-18(24)25-8/h9-11,16H,12H2,1-8H3,(H,21,22,24). The number of nitrogens with one attached hydrogen (secondary N) is 1. The molecule has 1 amide bonds. The fourth-order valence-electron chi connectivity index (χ4n) is 3.12. The summed E-state index contributed by atoms with van der Waals surface area (Å²) in [5.74, 6) is 0.554. The van der Waals surface area contributed by atoms with Gasteiger partial charge in [0.1, 0.15) is 0 Å². The van der Waals surface area contributed by atoms with Crippen molar-refractivity contribution in [3.8, 4) is 0 Å². The normalized spacial score (nSPS) is 18.2. The van der Waals surface area contributed by atoms with E-state index in [2.05, 4.69) is 74.8 Å². The zero-order chi connectivity index (χ0) is 19.0. The van der Waals surface area contributed by atoms with Crippen molar-refractivity contribution < 1.29 is 9.53 Å². The van der Waals surface area contributed by atoms with Gasteiger partial charge in [0, 0.05) is 7.05 Å². The molecule has 138 valence electrons. The molecule has 0 bridgehead atoms. The lowest BCUT2D eigenvalue weighted by Crippen LogP contribution is -2.40. The summed E-state index contributed by atoms with van der Waals surface area (Å²) in [6.45, 7) is 14.0. The minimum absolute atomic E-state index is 0.0329. The van der Waals surface area contributed by atoms with Crippen molar-refractivity contribution in [3.63, 3.8) is 0 Å². The van der Waals surface area contributed by atoms with E-state index < -0.39 is 6.09 Å². The Labute approximate surface area is 151 Å². The van der Waals surface area contributed by atoms with Crippen molar-refractivity contribution in [1.29, 1.82) is 0 Å². The second kappa shape index (κ2) is 6.70. The predicted octanol–water partition coefficient (Wildman–Crippen LogP) is 3.98. The Morgan fingerprint density at radius 2 is 1.84 bits per heavy atom. The summed E-state index contributed by atoms with van der Waals surface area (Å²) in [5, 5.41) is 2.70. The molecule has 0 aliphatic carbocycles. The van der Waals surface area contributed by atoms with Gasteiger partial charge in [-0.3, -0.25) is 10.3 Å². The van der Waals surface area contributed by atoms with Crippen LogP contribution in [0.15, 0.2) is 23.2 Å². The number of alkyl carbamates (subject to hydrolysis) is 1. The number of benzene rings is 1. The molecule has 0 spiro atoms. The first kappa shape index (κ1) is 19.3. The summed E-state index contributed by atoms with van der Waals surface area (Å²) >= 11 is 0. The van der Waals surface area contributed by atoms with Gasteiger partial charge < -0.3 is 9.64 Å². The Morgan fingerprint density at radius 3 is 2.36 bits per heavy atom. The zero-order valence-electron chi connectivity index (χ0n) is 16.7. The van der Waals surface area contributed by atoms with Crippen LogP contribution in [0, 0.1) is 0 Å². The average Bonchev–Trinajstić information content (AvgIpc) is 2.85. The maximum Gasteiger partial charge on any atom is 0.413 e. The molecule has 1 N–H and O–H groups in total. The summed E-state index contributed by atoms with van der Waals surface area (Å²) in [5.41, 5.74) is 4.00. The molecule has 0 saturated carbocycles. The van der Waals surface area contributed by atoms with E-state index in [1.165, 1.54) is 23.8 Å². The average molecular weight is 345 g/mol. The lowest BCUT2D eigenvalue weighted by Gasteiger charge is -2.32. The van der Waals surface area contributed by atoms with Crippen molar-refractivity contribution in [3.05, 3.63) is 34.9 Å². The summed E-state index contributed by atoms with van der Waals surface area (Å²) in [7, 11) is 3.31. The highest BCUT2D eigenvalue weighted by Gasteiger charge is 2.32. The van der Waals surface area contributed by atoms with Crippen LogP contribution in [0.2, 0.25) is 0 Å². The molecule has 2 rings (SSSR count). The van der Waals surface area contributed by atoms with E-state index in [0.717, 1.165) is 0 Å². The Kier molecular flexibility index (Phi) is 5.17. The van der Waals surface area contributed by atoms with Gasteiger partial charge in [-0.15, -0.1) is 0 Å². The van der Waals surface area contributed by atoms with Crippen LogP contribution in [0.5, 0.6) is 0 Å². The van der Waals surface area contributed by atoms with Crippen LogP contribution in [-0.4, -0.2) is 37.7 Å². The van der Waals surface area contributed by atoms with Crippen LogP contribution in [0.4, 0.5) is 4.79 Å². The van der Waals surface area contributed by atoms with E-state index in [1.54, 1.807) is 0 Å². The molecule has 1 aliphatic rings. The molecular weight excluding hydrogens is 314 g/mol. The SMILES string of the molecule is COC(=O)NC1=NCC(c2cc(C(C)(C)C)ccc2C(C)(C)C)N1C. The smallest absolute Gasteiger partial charge is 0.413 e. The monoisotopic (exact) mass is 345 g/mol. The van der Waals surface area contributed by atoms with Gasteiger partial charge in [-0.1, -0.05) is 59.7 Å². The fraction of sp³-hybridized carbons (Fsp3) is 0.600.